The fraction of sp³-hybridized carbons (Fsp3) is 0. The molecule has 1 aromatic carbocycles. The lowest BCUT2D eigenvalue weighted by molar-refractivity contribution is 0.961. The highest BCUT2D eigenvalue weighted by Crippen LogP contribution is 2.24. The highest BCUT2D eigenvalue weighted by atomic mass is 15.2. The zero-order valence-electron chi connectivity index (χ0n) is 11.8. The molecule has 3 aromatic heterocycles. The predicted molar refractivity (Wildman–Crippen MR) is 88.1 cm³/mol. The van der Waals surface area contributed by atoms with Crippen LogP contribution in [0.3, 0.4) is 0 Å². The van der Waals surface area contributed by atoms with Gasteiger partial charge in [0, 0.05) is 17.4 Å². The average Bonchev–Trinajstić information content (AvgIpc) is 3.00. The molecule has 0 unspecified atom stereocenters. The van der Waals surface area contributed by atoms with Gasteiger partial charge in [-0.05, 0) is 36.4 Å². The van der Waals surface area contributed by atoms with Crippen molar-refractivity contribution in [3.8, 4) is 11.3 Å². The molecule has 4 aromatic rings. The lowest BCUT2D eigenvalue weighted by atomic mass is 10.2. The first-order chi connectivity index (χ1) is 10.9. The van der Waals surface area contributed by atoms with E-state index in [4.69, 9.17) is 4.98 Å². The van der Waals surface area contributed by atoms with Gasteiger partial charge in [-0.25, -0.2) is 9.50 Å². The SMILES string of the molecule is c1ccc(Nc2cccc(-c3cnn4ccccc34)n2)cc1. The first kappa shape index (κ1) is 12.6. The second-order valence-electron chi connectivity index (χ2n) is 4.99. The van der Waals surface area contributed by atoms with Crippen LogP contribution in [-0.4, -0.2) is 14.6 Å². The molecule has 0 saturated carbocycles. The molecule has 0 atom stereocenters. The first-order valence-corrected chi connectivity index (χ1v) is 7.12. The van der Waals surface area contributed by atoms with E-state index in [1.54, 1.807) is 0 Å². The number of para-hydroxylation sites is 1. The molecule has 4 nitrogen and oxygen atoms in total. The van der Waals surface area contributed by atoms with E-state index in [1.165, 1.54) is 0 Å². The largest absolute Gasteiger partial charge is 0.340 e. The van der Waals surface area contributed by atoms with Gasteiger partial charge >= 0.3 is 0 Å². The van der Waals surface area contributed by atoms with Gasteiger partial charge in [-0.2, -0.15) is 5.10 Å². The van der Waals surface area contributed by atoms with Crippen LogP contribution in [0.15, 0.2) is 79.1 Å². The molecule has 0 aliphatic rings. The number of fused-ring (bicyclic) bond motifs is 1. The van der Waals surface area contributed by atoms with Crippen LogP contribution in [0.1, 0.15) is 0 Å². The number of anilines is 2. The molecule has 4 heteroatoms. The Morgan fingerprint density at radius 1 is 0.818 bits per heavy atom. The third kappa shape index (κ3) is 2.31. The smallest absolute Gasteiger partial charge is 0.131 e. The van der Waals surface area contributed by atoms with Crippen LogP contribution in [0.2, 0.25) is 0 Å². The van der Waals surface area contributed by atoms with Gasteiger partial charge in [0.2, 0.25) is 0 Å². The summed E-state index contributed by atoms with van der Waals surface area (Å²) < 4.78 is 1.86. The van der Waals surface area contributed by atoms with Gasteiger partial charge < -0.3 is 5.32 Å². The normalized spacial score (nSPS) is 10.7. The van der Waals surface area contributed by atoms with Gasteiger partial charge in [0.05, 0.1) is 17.4 Å². The van der Waals surface area contributed by atoms with Crippen LogP contribution in [0, 0.1) is 0 Å². The Balaban J connectivity index is 1.73. The Kier molecular flexibility index (Phi) is 3.05. The van der Waals surface area contributed by atoms with E-state index in [1.807, 2.05) is 83.6 Å². The summed E-state index contributed by atoms with van der Waals surface area (Å²) in [6.07, 6.45) is 3.79. The van der Waals surface area contributed by atoms with E-state index in [0.29, 0.717) is 0 Å². The Morgan fingerprint density at radius 2 is 1.68 bits per heavy atom. The molecule has 0 radical (unpaired) electrons. The van der Waals surface area contributed by atoms with Crippen molar-refractivity contribution in [3.63, 3.8) is 0 Å². The van der Waals surface area contributed by atoms with Gasteiger partial charge in [-0.1, -0.05) is 30.3 Å². The van der Waals surface area contributed by atoms with E-state index >= 15 is 0 Å². The van der Waals surface area contributed by atoms with Crippen molar-refractivity contribution >= 4 is 17.0 Å². The minimum atomic E-state index is 0.819. The van der Waals surface area contributed by atoms with Crippen molar-refractivity contribution in [1.82, 2.24) is 14.6 Å². The lowest BCUT2D eigenvalue weighted by Gasteiger charge is -2.07. The number of hydrogen-bond donors (Lipinski definition) is 1. The van der Waals surface area contributed by atoms with Gasteiger partial charge in [0.15, 0.2) is 0 Å². The molecule has 0 spiro atoms. The standard InChI is InChI=1S/C18H14N4/c1-2-7-14(8-3-1)20-18-11-6-9-16(21-18)15-13-19-22-12-5-4-10-17(15)22/h1-13H,(H,20,21). The highest BCUT2D eigenvalue weighted by molar-refractivity contribution is 5.78. The maximum Gasteiger partial charge on any atom is 0.131 e. The van der Waals surface area contributed by atoms with E-state index < -0.39 is 0 Å². The summed E-state index contributed by atoms with van der Waals surface area (Å²) in [7, 11) is 0. The molecule has 106 valence electrons. The molecule has 0 aliphatic carbocycles. The topological polar surface area (TPSA) is 42.2 Å². The zero-order chi connectivity index (χ0) is 14.8. The first-order valence-electron chi connectivity index (χ1n) is 7.12. The van der Waals surface area contributed by atoms with Crippen molar-refractivity contribution in [3.05, 3.63) is 79.1 Å². The van der Waals surface area contributed by atoms with Gasteiger partial charge in [-0.3, -0.25) is 0 Å². The summed E-state index contributed by atoms with van der Waals surface area (Å²) >= 11 is 0. The fourth-order valence-corrected chi connectivity index (χ4v) is 2.46. The van der Waals surface area contributed by atoms with E-state index in [9.17, 15) is 0 Å². The van der Waals surface area contributed by atoms with Crippen LogP contribution in [0.25, 0.3) is 16.8 Å². The maximum atomic E-state index is 4.70. The lowest BCUT2D eigenvalue weighted by Crippen LogP contribution is -1.94. The molecule has 0 amide bonds. The molecule has 22 heavy (non-hydrogen) atoms. The van der Waals surface area contributed by atoms with E-state index in [-0.39, 0.29) is 0 Å². The van der Waals surface area contributed by atoms with Gasteiger partial charge in [0.25, 0.3) is 0 Å². The number of hydrogen-bond acceptors (Lipinski definition) is 3. The Labute approximate surface area is 128 Å². The number of nitrogens with zero attached hydrogens (tertiary/aromatic N) is 3. The number of nitrogens with one attached hydrogen (secondary N) is 1. The number of aromatic nitrogens is 3. The molecular formula is C18H14N4. The highest BCUT2D eigenvalue weighted by Gasteiger charge is 2.08. The summed E-state index contributed by atoms with van der Waals surface area (Å²) in [6.45, 7) is 0. The molecule has 0 fully saturated rings. The van der Waals surface area contributed by atoms with Gasteiger partial charge in [0.1, 0.15) is 5.82 Å². The Bertz CT molecular complexity index is 912. The van der Waals surface area contributed by atoms with Crippen LogP contribution in [0.5, 0.6) is 0 Å². The number of pyridine rings is 2. The molecule has 1 N–H and O–H groups in total. The van der Waals surface area contributed by atoms with Crippen molar-refractivity contribution in [2.24, 2.45) is 0 Å². The minimum Gasteiger partial charge on any atom is -0.340 e. The molecule has 0 saturated heterocycles. The summed E-state index contributed by atoms with van der Waals surface area (Å²) in [5.41, 5.74) is 4.00. The molecule has 3 heterocycles. The quantitative estimate of drug-likeness (QED) is 0.615. The van der Waals surface area contributed by atoms with Crippen LogP contribution in [0.4, 0.5) is 11.5 Å². The summed E-state index contributed by atoms with van der Waals surface area (Å²) in [5.74, 6) is 0.819. The van der Waals surface area contributed by atoms with Crippen LogP contribution in [-0.2, 0) is 0 Å². The van der Waals surface area contributed by atoms with Crippen molar-refractivity contribution < 1.29 is 0 Å². The summed E-state index contributed by atoms with van der Waals surface area (Å²) in [4.78, 5) is 4.70. The van der Waals surface area contributed by atoms with Crippen molar-refractivity contribution in [1.29, 1.82) is 0 Å². The molecule has 0 aliphatic heterocycles. The number of benzene rings is 1. The second kappa shape index (κ2) is 5.33. The zero-order valence-corrected chi connectivity index (χ0v) is 11.8. The van der Waals surface area contributed by atoms with Crippen LogP contribution < -0.4 is 5.32 Å². The van der Waals surface area contributed by atoms with Crippen molar-refractivity contribution in [2.75, 3.05) is 5.32 Å². The minimum absolute atomic E-state index is 0.819. The van der Waals surface area contributed by atoms with Crippen LogP contribution >= 0.6 is 0 Å². The summed E-state index contributed by atoms with van der Waals surface area (Å²) in [5, 5.41) is 7.68. The number of rotatable bonds is 3. The van der Waals surface area contributed by atoms with Gasteiger partial charge in [-0.15, -0.1) is 0 Å². The average molecular weight is 286 g/mol. The van der Waals surface area contributed by atoms with E-state index in [2.05, 4.69) is 10.4 Å². The van der Waals surface area contributed by atoms with E-state index in [0.717, 1.165) is 28.3 Å². The second-order valence-corrected chi connectivity index (χ2v) is 4.99. The summed E-state index contributed by atoms with van der Waals surface area (Å²) in [6, 6.07) is 22.0. The Morgan fingerprint density at radius 3 is 2.59 bits per heavy atom. The Hall–Kier alpha value is -3.14. The molecule has 0 bridgehead atoms. The fourth-order valence-electron chi connectivity index (χ4n) is 2.46. The predicted octanol–water partition coefficient (Wildman–Crippen LogP) is 4.14. The monoisotopic (exact) mass is 286 g/mol. The molecule has 4 rings (SSSR count). The maximum absolute atomic E-state index is 4.70. The third-order valence-electron chi connectivity index (χ3n) is 3.50. The molecular weight excluding hydrogens is 272 g/mol. The van der Waals surface area contributed by atoms with Crippen molar-refractivity contribution in [2.45, 2.75) is 0 Å². The third-order valence-corrected chi connectivity index (χ3v) is 3.50.